The van der Waals surface area contributed by atoms with Crippen molar-refractivity contribution in [1.29, 1.82) is 0 Å². The Morgan fingerprint density at radius 2 is 2.20 bits per heavy atom. The first-order chi connectivity index (χ1) is 7.17. The molecular formula is C10H18N4O. The Balaban J connectivity index is 2.70. The monoisotopic (exact) mass is 210 g/mol. The number of nitrogens with one attached hydrogen (secondary N) is 2. The Morgan fingerprint density at radius 3 is 2.73 bits per heavy atom. The Labute approximate surface area is 90.0 Å². The lowest BCUT2D eigenvalue weighted by Gasteiger charge is -2.20. The van der Waals surface area contributed by atoms with E-state index >= 15 is 0 Å². The maximum atomic E-state index is 9.16. The molecule has 1 heterocycles. The fourth-order valence-electron chi connectivity index (χ4n) is 1.17. The van der Waals surface area contributed by atoms with Crippen LogP contribution < -0.4 is 10.6 Å². The number of nitrogens with zero attached hydrogens (tertiary/aromatic N) is 2. The van der Waals surface area contributed by atoms with Gasteiger partial charge in [-0.3, -0.25) is 0 Å². The van der Waals surface area contributed by atoms with E-state index in [1.165, 1.54) is 0 Å². The Kier molecular flexibility index (Phi) is 4.30. The molecule has 15 heavy (non-hydrogen) atoms. The zero-order valence-corrected chi connectivity index (χ0v) is 9.36. The largest absolute Gasteiger partial charge is 0.394 e. The zero-order valence-electron chi connectivity index (χ0n) is 9.36. The first-order valence-electron chi connectivity index (χ1n) is 5.05. The predicted molar refractivity (Wildman–Crippen MR) is 60.9 cm³/mol. The van der Waals surface area contributed by atoms with Crippen LogP contribution in [0.15, 0.2) is 12.3 Å². The van der Waals surface area contributed by atoms with Crippen LogP contribution in [0.3, 0.4) is 0 Å². The minimum Gasteiger partial charge on any atom is -0.394 e. The van der Waals surface area contributed by atoms with E-state index in [4.69, 9.17) is 5.11 Å². The quantitative estimate of drug-likeness (QED) is 0.675. The van der Waals surface area contributed by atoms with E-state index in [2.05, 4.69) is 20.6 Å². The molecule has 1 aromatic rings. The standard InChI is InChI=1S/C10H18N4O/c1-7(2)8(6-15)13-9-4-5-12-10(11-3)14-9/h4-5,7-8,15H,6H2,1-3H3,(H2,11,12,13,14)/t8-/m1/s1. The van der Waals surface area contributed by atoms with Crippen LogP contribution in [0.25, 0.3) is 0 Å². The Morgan fingerprint density at radius 1 is 1.47 bits per heavy atom. The molecule has 0 fully saturated rings. The summed E-state index contributed by atoms with van der Waals surface area (Å²) >= 11 is 0. The zero-order chi connectivity index (χ0) is 11.3. The topological polar surface area (TPSA) is 70.1 Å². The van der Waals surface area contributed by atoms with Crippen LogP contribution in [0.2, 0.25) is 0 Å². The molecule has 0 aromatic carbocycles. The first-order valence-corrected chi connectivity index (χ1v) is 5.05. The van der Waals surface area contributed by atoms with Gasteiger partial charge in [-0.15, -0.1) is 0 Å². The van der Waals surface area contributed by atoms with Gasteiger partial charge in [0.05, 0.1) is 12.6 Å². The van der Waals surface area contributed by atoms with Gasteiger partial charge < -0.3 is 15.7 Å². The van der Waals surface area contributed by atoms with E-state index in [9.17, 15) is 0 Å². The van der Waals surface area contributed by atoms with Crippen LogP contribution in [-0.2, 0) is 0 Å². The van der Waals surface area contributed by atoms with Gasteiger partial charge in [0.15, 0.2) is 0 Å². The van der Waals surface area contributed by atoms with Gasteiger partial charge in [0.25, 0.3) is 0 Å². The van der Waals surface area contributed by atoms with Gasteiger partial charge in [-0.05, 0) is 12.0 Å². The molecule has 0 radical (unpaired) electrons. The van der Waals surface area contributed by atoms with Gasteiger partial charge >= 0.3 is 0 Å². The summed E-state index contributed by atoms with van der Waals surface area (Å²) in [6.07, 6.45) is 1.68. The molecule has 0 bridgehead atoms. The number of aliphatic hydroxyl groups excluding tert-OH is 1. The van der Waals surface area contributed by atoms with Gasteiger partial charge in [0.1, 0.15) is 5.82 Å². The second-order valence-electron chi connectivity index (χ2n) is 3.69. The molecule has 3 N–H and O–H groups in total. The molecule has 0 spiro atoms. The fourth-order valence-corrected chi connectivity index (χ4v) is 1.17. The van der Waals surface area contributed by atoms with E-state index in [0.717, 1.165) is 5.82 Å². The van der Waals surface area contributed by atoms with Crippen molar-refractivity contribution in [3.63, 3.8) is 0 Å². The summed E-state index contributed by atoms with van der Waals surface area (Å²) < 4.78 is 0. The molecule has 1 rings (SSSR count). The molecule has 1 aromatic heterocycles. The van der Waals surface area contributed by atoms with Crippen molar-refractivity contribution in [2.24, 2.45) is 5.92 Å². The number of anilines is 2. The van der Waals surface area contributed by atoms with Gasteiger partial charge in [-0.25, -0.2) is 4.98 Å². The average molecular weight is 210 g/mol. The highest BCUT2D eigenvalue weighted by Gasteiger charge is 2.12. The fraction of sp³-hybridized carbons (Fsp3) is 0.600. The lowest BCUT2D eigenvalue weighted by atomic mass is 10.1. The summed E-state index contributed by atoms with van der Waals surface area (Å²) in [7, 11) is 1.77. The van der Waals surface area contributed by atoms with Crippen LogP contribution in [-0.4, -0.2) is 34.8 Å². The van der Waals surface area contributed by atoms with Crippen molar-refractivity contribution < 1.29 is 5.11 Å². The maximum Gasteiger partial charge on any atom is 0.224 e. The van der Waals surface area contributed by atoms with Crippen LogP contribution in [0.5, 0.6) is 0 Å². The Bertz CT molecular complexity index is 303. The summed E-state index contributed by atoms with van der Waals surface area (Å²) in [5.74, 6) is 1.64. The third kappa shape index (κ3) is 3.36. The van der Waals surface area contributed by atoms with E-state index in [1.54, 1.807) is 19.3 Å². The molecule has 0 amide bonds. The molecule has 0 saturated carbocycles. The molecule has 5 heteroatoms. The highest BCUT2D eigenvalue weighted by atomic mass is 16.3. The highest BCUT2D eigenvalue weighted by molar-refractivity contribution is 5.40. The van der Waals surface area contributed by atoms with Crippen LogP contribution in [0, 0.1) is 5.92 Å². The van der Waals surface area contributed by atoms with Crippen LogP contribution in [0.4, 0.5) is 11.8 Å². The van der Waals surface area contributed by atoms with E-state index in [1.807, 2.05) is 13.8 Å². The van der Waals surface area contributed by atoms with Crippen molar-refractivity contribution >= 4 is 11.8 Å². The summed E-state index contributed by atoms with van der Waals surface area (Å²) in [4.78, 5) is 8.23. The SMILES string of the molecule is CNc1nccc(N[C@H](CO)C(C)C)n1. The second-order valence-corrected chi connectivity index (χ2v) is 3.69. The second kappa shape index (κ2) is 5.50. The smallest absolute Gasteiger partial charge is 0.224 e. The Hall–Kier alpha value is -1.36. The van der Waals surface area contributed by atoms with Gasteiger partial charge in [-0.2, -0.15) is 4.98 Å². The molecule has 0 unspecified atom stereocenters. The molecule has 0 aliphatic carbocycles. The maximum absolute atomic E-state index is 9.16. The van der Waals surface area contributed by atoms with E-state index in [0.29, 0.717) is 11.9 Å². The van der Waals surface area contributed by atoms with Gasteiger partial charge in [0, 0.05) is 13.2 Å². The summed E-state index contributed by atoms with van der Waals surface area (Å²) in [6.45, 7) is 4.19. The highest BCUT2D eigenvalue weighted by Crippen LogP contribution is 2.10. The van der Waals surface area contributed by atoms with Crippen LogP contribution in [0.1, 0.15) is 13.8 Å². The summed E-state index contributed by atoms with van der Waals surface area (Å²) in [6, 6.07) is 1.80. The molecule has 0 saturated heterocycles. The van der Waals surface area contributed by atoms with Crippen molar-refractivity contribution in [2.45, 2.75) is 19.9 Å². The third-order valence-electron chi connectivity index (χ3n) is 2.21. The number of hydrogen-bond donors (Lipinski definition) is 3. The molecular weight excluding hydrogens is 192 g/mol. The molecule has 1 atom stereocenters. The molecule has 0 aliphatic rings. The summed E-state index contributed by atoms with van der Waals surface area (Å²) in [5.41, 5.74) is 0. The van der Waals surface area contributed by atoms with E-state index < -0.39 is 0 Å². The average Bonchev–Trinajstić information content (AvgIpc) is 2.25. The molecule has 5 nitrogen and oxygen atoms in total. The normalized spacial score (nSPS) is 12.6. The van der Waals surface area contributed by atoms with Crippen LogP contribution >= 0.6 is 0 Å². The van der Waals surface area contributed by atoms with E-state index in [-0.39, 0.29) is 12.6 Å². The van der Waals surface area contributed by atoms with Crippen molar-refractivity contribution in [1.82, 2.24) is 9.97 Å². The number of hydrogen-bond acceptors (Lipinski definition) is 5. The molecule has 0 aliphatic heterocycles. The number of aliphatic hydroxyl groups is 1. The summed E-state index contributed by atoms with van der Waals surface area (Å²) in [5, 5.41) is 15.2. The van der Waals surface area contributed by atoms with Crippen molar-refractivity contribution in [3.8, 4) is 0 Å². The minimum atomic E-state index is 0.0182. The van der Waals surface area contributed by atoms with Crippen molar-refractivity contribution in [3.05, 3.63) is 12.3 Å². The minimum absolute atomic E-state index is 0.0182. The first kappa shape index (κ1) is 11.7. The van der Waals surface area contributed by atoms with Gasteiger partial charge in [0.2, 0.25) is 5.95 Å². The number of aromatic nitrogens is 2. The lowest BCUT2D eigenvalue weighted by Crippen LogP contribution is -2.29. The van der Waals surface area contributed by atoms with Crippen molar-refractivity contribution in [2.75, 3.05) is 24.3 Å². The molecule has 84 valence electrons. The van der Waals surface area contributed by atoms with Gasteiger partial charge in [-0.1, -0.05) is 13.8 Å². The third-order valence-corrected chi connectivity index (χ3v) is 2.21. The lowest BCUT2D eigenvalue weighted by molar-refractivity contribution is 0.249. The predicted octanol–water partition coefficient (Wildman–Crippen LogP) is 0.947. The number of rotatable bonds is 5.